The van der Waals surface area contributed by atoms with Gasteiger partial charge in [0.05, 0.1) is 19.3 Å². The Morgan fingerprint density at radius 3 is 2.84 bits per heavy atom. The number of amides is 1. The van der Waals surface area contributed by atoms with Gasteiger partial charge in [-0.3, -0.25) is 9.59 Å². The quantitative estimate of drug-likeness (QED) is 0.881. The topological polar surface area (TPSA) is 75.6 Å². The van der Waals surface area contributed by atoms with Crippen LogP contribution in [0.2, 0.25) is 5.02 Å². The summed E-state index contributed by atoms with van der Waals surface area (Å²) in [4.78, 5) is 23.1. The van der Waals surface area contributed by atoms with E-state index < -0.39 is 17.9 Å². The minimum Gasteiger partial charge on any atom is -0.481 e. The molecule has 0 saturated carbocycles. The van der Waals surface area contributed by atoms with E-state index in [1.54, 1.807) is 25.1 Å². The van der Waals surface area contributed by atoms with Crippen LogP contribution in [0.5, 0.6) is 0 Å². The Hall–Kier alpha value is -1.59. The molecule has 1 fully saturated rings. The summed E-state index contributed by atoms with van der Waals surface area (Å²) in [5, 5.41) is 12.2. The van der Waals surface area contributed by atoms with Gasteiger partial charge in [0.1, 0.15) is 5.92 Å². The highest BCUT2D eigenvalue weighted by Crippen LogP contribution is 2.18. The summed E-state index contributed by atoms with van der Waals surface area (Å²) in [5.74, 6) is -2.00. The predicted octanol–water partition coefficient (Wildman–Crippen LogP) is 1.48. The van der Waals surface area contributed by atoms with Gasteiger partial charge in [-0.15, -0.1) is 0 Å². The first kappa shape index (κ1) is 13.8. The normalized spacial score (nSPS) is 22.2. The summed E-state index contributed by atoms with van der Waals surface area (Å²) in [5.41, 5.74) is 1.23. The van der Waals surface area contributed by atoms with Gasteiger partial charge in [0, 0.05) is 10.6 Å². The van der Waals surface area contributed by atoms with E-state index in [0.29, 0.717) is 10.6 Å². The summed E-state index contributed by atoms with van der Waals surface area (Å²) >= 11 is 5.86. The Kier molecular flexibility index (Phi) is 4.07. The fourth-order valence-corrected chi connectivity index (χ4v) is 2.20. The van der Waals surface area contributed by atoms with Crippen molar-refractivity contribution in [2.24, 2.45) is 5.92 Å². The number of hydrogen-bond acceptors (Lipinski definition) is 3. The zero-order chi connectivity index (χ0) is 14.0. The van der Waals surface area contributed by atoms with Crippen molar-refractivity contribution in [2.75, 3.05) is 13.2 Å². The maximum absolute atomic E-state index is 12.1. The molecule has 2 atom stereocenters. The van der Waals surface area contributed by atoms with Crippen LogP contribution in [0.3, 0.4) is 0 Å². The number of aliphatic carboxylic acids is 1. The van der Waals surface area contributed by atoms with Gasteiger partial charge in [0.15, 0.2) is 0 Å². The number of benzene rings is 1. The lowest BCUT2D eigenvalue weighted by atomic mass is 10.0. The number of rotatable bonds is 3. The van der Waals surface area contributed by atoms with Gasteiger partial charge >= 0.3 is 5.97 Å². The number of hydrogen-bond donors (Lipinski definition) is 2. The molecule has 1 aromatic rings. The van der Waals surface area contributed by atoms with E-state index in [2.05, 4.69) is 5.32 Å². The van der Waals surface area contributed by atoms with Crippen molar-refractivity contribution in [1.29, 1.82) is 0 Å². The Morgan fingerprint density at radius 1 is 1.42 bits per heavy atom. The molecule has 19 heavy (non-hydrogen) atoms. The fraction of sp³-hybridized carbons (Fsp3) is 0.385. The number of carbonyl (C=O) groups is 2. The van der Waals surface area contributed by atoms with E-state index in [1.165, 1.54) is 0 Å². The molecule has 0 aliphatic carbocycles. The molecule has 2 rings (SSSR count). The summed E-state index contributed by atoms with van der Waals surface area (Å²) in [7, 11) is 0. The van der Waals surface area contributed by atoms with Crippen molar-refractivity contribution in [3.05, 3.63) is 34.3 Å². The van der Waals surface area contributed by atoms with E-state index in [4.69, 9.17) is 21.4 Å². The first-order chi connectivity index (χ1) is 8.99. The van der Waals surface area contributed by atoms with Crippen molar-refractivity contribution in [3.63, 3.8) is 0 Å². The van der Waals surface area contributed by atoms with Crippen LogP contribution in [-0.4, -0.2) is 36.2 Å². The van der Waals surface area contributed by atoms with Crippen LogP contribution in [0.15, 0.2) is 18.2 Å². The smallest absolute Gasteiger partial charge is 0.311 e. The van der Waals surface area contributed by atoms with Gasteiger partial charge < -0.3 is 15.2 Å². The Labute approximate surface area is 115 Å². The largest absolute Gasteiger partial charge is 0.481 e. The molecule has 1 aromatic carbocycles. The van der Waals surface area contributed by atoms with E-state index >= 15 is 0 Å². The second kappa shape index (κ2) is 5.59. The highest BCUT2D eigenvalue weighted by molar-refractivity contribution is 6.31. The lowest BCUT2D eigenvalue weighted by Crippen LogP contribution is -2.42. The molecule has 1 aliphatic rings. The highest BCUT2D eigenvalue weighted by atomic mass is 35.5. The van der Waals surface area contributed by atoms with E-state index in [1.807, 2.05) is 0 Å². The van der Waals surface area contributed by atoms with Gasteiger partial charge in [-0.2, -0.15) is 0 Å². The molecular formula is C13H14ClNO4. The Balaban J connectivity index is 2.12. The maximum Gasteiger partial charge on any atom is 0.311 e. The SMILES string of the molecule is Cc1ccc(Cl)cc1C(=O)NC1COCC1C(=O)O. The molecule has 5 nitrogen and oxygen atoms in total. The van der Waals surface area contributed by atoms with Gasteiger partial charge in [0.2, 0.25) is 0 Å². The van der Waals surface area contributed by atoms with E-state index in [9.17, 15) is 9.59 Å². The molecule has 1 heterocycles. The van der Waals surface area contributed by atoms with Crippen LogP contribution >= 0.6 is 11.6 Å². The molecule has 102 valence electrons. The second-order valence-corrected chi connectivity index (χ2v) is 4.96. The lowest BCUT2D eigenvalue weighted by molar-refractivity contribution is -0.142. The number of carboxylic acid groups (broad SMARTS) is 1. The van der Waals surface area contributed by atoms with Gasteiger partial charge in [-0.1, -0.05) is 17.7 Å². The minimum atomic E-state index is -0.967. The third-order valence-corrected chi connectivity index (χ3v) is 3.39. The van der Waals surface area contributed by atoms with Crippen molar-refractivity contribution < 1.29 is 19.4 Å². The van der Waals surface area contributed by atoms with Gasteiger partial charge in [-0.05, 0) is 24.6 Å². The molecule has 2 N–H and O–H groups in total. The molecule has 0 radical (unpaired) electrons. The van der Waals surface area contributed by atoms with Crippen LogP contribution in [-0.2, 0) is 9.53 Å². The Bertz CT molecular complexity index is 517. The molecular weight excluding hydrogens is 270 g/mol. The summed E-state index contributed by atoms with van der Waals surface area (Å²) in [6.07, 6.45) is 0. The van der Waals surface area contributed by atoms with Crippen LogP contribution in [0, 0.1) is 12.8 Å². The van der Waals surface area contributed by atoms with Crippen LogP contribution in [0.4, 0.5) is 0 Å². The standard InChI is InChI=1S/C13H14ClNO4/c1-7-2-3-8(14)4-9(7)12(16)15-11-6-19-5-10(11)13(17)18/h2-4,10-11H,5-6H2,1H3,(H,15,16)(H,17,18). The molecule has 0 bridgehead atoms. The average Bonchev–Trinajstić information content (AvgIpc) is 2.80. The molecule has 1 amide bonds. The molecule has 2 unspecified atom stereocenters. The third-order valence-electron chi connectivity index (χ3n) is 3.16. The molecule has 6 heteroatoms. The number of carboxylic acids is 1. The van der Waals surface area contributed by atoms with Gasteiger partial charge in [-0.25, -0.2) is 0 Å². The second-order valence-electron chi connectivity index (χ2n) is 4.52. The highest BCUT2D eigenvalue weighted by Gasteiger charge is 2.35. The summed E-state index contributed by atoms with van der Waals surface area (Å²) in [6, 6.07) is 4.50. The van der Waals surface area contributed by atoms with Gasteiger partial charge in [0.25, 0.3) is 5.91 Å². The minimum absolute atomic E-state index is 0.120. The van der Waals surface area contributed by atoms with Crippen molar-refractivity contribution in [2.45, 2.75) is 13.0 Å². The van der Waals surface area contributed by atoms with Crippen molar-refractivity contribution >= 4 is 23.5 Å². The van der Waals surface area contributed by atoms with Crippen LogP contribution in [0.1, 0.15) is 15.9 Å². The van der Waals surface area contributed by atoms with Crippen LogP contribution in [0.25, 0.3) is 0 Å². The average molecular weight is 284 g/mol. The lowest BCUT2D eigenvalue weighted by Gasteiger charge is -2.16. The molecule has 1 saturated heterocycles. The maximum atomic E-state index is 12.1. The fourth-order valence-electron chi connectivity index (χ4n) is 2.02. The number of aryl methyl sites for hydroxylation is 1. The summed E-state index contributed by atoms with van der Waals surface area (Å²) in [6.45, 7) is 2.13. The first-order valence-corrected chi connectivity index (χ1v) is 6.24. The van der Waals surface area contributed by atoms with Crippen LogP contribution < -0.4 is 5.32 Å². The first-order valence-electron chi connectivity index (χ1n) is 5.86. The zero-order valence-corrected chi connectivity index (χ0v) is 11.1. The molecule has 1 aliphatic heterocycles. The number of halogens is 1. The monoisotopic (exact) mass is 283 g/mol. The number of ether oxygens (including phenoxy) is 1. The molecule has 0 spiro atoms. The van der Waals surface area contributed by atoms with Crippen molar-refractivity contribution in [3.8, 4) is 0 Å². The molecule has 0 aromatic heterocycles. The predicted molar refractivity (Wildman–Crippen MR) is 69.4 cm³/mol. The summed E-state index contributed by atoms with van der Waals surface area (Å²) < 4.78 is 5.10. The number of nitrogens with one attached hydrogen (secondary N) is 1. The third kappa shape index (κ3) is 3.05. The zero-order valence-electron chi connectivity index (χ0n) is 10.4. The Morgan fingerprint density at radius 2 is 2.16 bits per heavy atom. The van der Waals surface area contributed by atoms with E-state index in [0.717, 1.165) is 5.56 Å². The number of carbonyl (C=O) groups excluding carboxylic acids is 1. The van der Waals surface area contributed by atoms with Crippen molar-refractivity contribution in [1.82, 2.24) is 5.32 Å². The van der Waals surface area contributed by atoms with E-state index in [-0.39, 0.29) is 19.1 Å².